The van der Waals surface area contributed by atoms with Crippen LogP contribution in [0.5, 0.6) is 5.75 Å². The van der Waals surface area contributed by atoms with Crippen LogP contribution in [-0.2, 0) is 6.18 Å². The van der Waals surface area contributed by atoms with E-state index in [1.165, 1.54) is 6.07 Å². The van der Waals surface area contributed by atoms with Crippen molar-refractivity contribution in [3.05, 3.63) is 28.2 Å². The van der Waals surface area contributed by atoms with Crippen LogP contribution in [0.25, 0.3) is 0 Å². The fourth-order valence-corrected chi connectivity index (χ4v) is 2.34. The number of benzene rings is 1. The molecule has 1 aromatic carbocycles. The maximum atomic E-state index is 12.5. The number of hydrogen-bond donors (Lipinski definition) is 1. The lowest BCUT2D eigenvalue weighted by Gasteiger charge is -2.24. The predicted octanol–water partition coefficient (Wildman–Crippen LogP) is 3.60. The third-order valence-corrected chi connectivity index (χ3v) is 3.46. The van der Waals surface area contributed by atoms with Gasteiger partial charge in [0, 0.05) is 0 Å². The molecule has 1 aromatic rings. The van der Waals surface area contributed by atoms with Crippen LogP contribution in [0, 0.1) is 0 Å². The van der Waals surface area contributed by atoms with Crippen LogP contribution < -0.4 is 10.1 Å². The van der Waals surface area contributed by atoms with Gasteiger partial charge < -0.3 is 10.1 Å². The summed E-state index contributed by atoms with van der Waals surface area (Å²) in [6, 6.07) is 3.46. The van der Waals surface area contributed by atoms with Gasteiger partial charge in [0.25, 0.3) is 0 Å². The van der Waals surface area contributed by atoms with Gasteiger partial charge in [0.05, 0.1) is 10.0 Å². The molecule has 0 saturated carbocycles. The molecule has 1 heterocycles. The van der Waals surface area contributed by atoms with Gasteiger partial charge in [-0.1, -0.05) is 0 Å². The zero-order chi connectivity index (χ0) is 13.2. The normalized spacial score (nSPS) is 17.8. The van der Waals surface area contributed by atoms with Crippen molar-refractivity contribution in [3.8, 4) is 5.75 Å². The largest absolute Gasteiger partial charge is 0.489 e. The van der Waals surface area contributed by atoms with Crippen molar-refractivity contribution >= 4 is 15.9 Å². The standard InChI is InChI=1S/C12H13BrF3NO/c13-10-7-8(12(14,15)16)1-2-11(10)18-9-3-5-17-6-4-9/h1-2,7,9,17H,3-6H2. The maximum absolute atomic E-state index is 12.5. The average Bonchev–Trinajstić information content (AvgIpc) is 2.32. The highest BCUT2D eigenvalue weighted by molar-refractivity contribution is 9.10. The summed E-state index contributed by atoms with van der Waals surface area (Å²) in [5, 5.41) is 3.20. The highest BCUT2D eigenvalue weighted by Gasteiger charge is 2.31. The van der Waals surface area contributed by atoms with Crippen LogP contribution in [0.2, 0.25) is 0 Å². The van der Waals surface area contributed by atoms with Crippen molar-refractivity contribution in [1.29, 1.82) is 0 Å². The SMILES string of the molecule is FC(F)(F)c1ccc(OC2CCNCC2)c(Br)c1. The van der Waals surface area contributed by atoms with Gasteiger partial charge in [-0.05, 0) is 60.1 Å². The Morgan fingerprint density at radius 1 is 1.22 bits per heavy atom. The summed E-state index contributed by atoms with van der Waals surface area (Å²) < 4.78 is 43.5. The summed E-state index contributed by atoms with van der Waals surface area (Å²) in [4.78, 5) is 0. The van der Waals surface area contributed by atoms with Gasteiger partial charge >= 0.3 is 6.18 Å². The molecule has 6 heteroatoms. The Bertz CT molecular complexity index is 416. The molecule has 18 heavy (non-hydrogen) atoms. The highest BCUT2D eigenvalue weighted by Crippen LogP contribution is 2.35. The molecule has 1 fully saturated rings. The molecule has 0 atom stereocenters. The molecule has 2 nitrogen and oxygen atoms in total. The van der Waals surface area contributed by atoms with Crippen LogP contribution in [0.15, 0.2) is 22.7 Å². The van der Waals surface area contributed by atoms with E-state index in [0.29, 0.717) is 10.2 Å². The van der Waals surface area contributed by atoms with Gasteiger partial charge in [-0.2, -0.15) is 13.2 Å². The van der Waals surface area contributed by atoms with E-state index in [1.807, 2.05) is 0 Å². The first-order chi connectivity index (χ1) is 8.47. The van der Waals surface area contributed by atoms with E-state index < -0.39 is 11.7 Å². The van der Waals surface area contributed by atoms with Gasteiger partial charge in [-0.25, -0.2) is 0 Å². The molecule has 0 spiro atoms. The van der Waals surface area contributed by atoms with Crippen LogP contribution in [0.3, 0.4) is 0 Å². The second-order valence-electron chi connectivity index (χ2n) is 4.21. The first kappa shape index (κ1) is 13.7. The number of alkyl halides is 3. The van der Waals surface area contributed by atoms with Crippen molar-refractivity contribution in [2.24, 2.45) is 0 Å². The Balaban J connectivity index is 2.09. The zero-order valence-electron chi connectivity index (χ0n) is 9.56. The molecule has 100 valence electrons. The minimum Gasteiger partial charge on any atom is -0.489 e. The van der Waals surface area contributed by atoms with E-state index >= 15 is 0 Å². The number of piperidine rings is 1. The Morgan fingerprint density at radius 2 is 1.89 bits per heavy atom. The second-order valence-corrected chi connectivity index (χ2v) is 5.06. The van der Waals surface area contributed by atoms with Crippen molar-refractivity contribution < 1.29 is 17.9 Å². The molecule has 0 aliphatic carbocycles. The van der Waals surface area contributed by atoms with Gasteiger partial charge in [0.2, 0.25) is 0 Å². The molecule has 0 amide bonds. The average molecular weight is 324 g/mol. The van der Waals surface area contributed by atoms with Crippen LogP contribution >= 0.6 is 15.9 Å². The number of halogens is 4. The van der Waals surface area contributed by atoms with E-state index in [-0.39, 0.29) is 6.10 Å². The van der Waals surface area contributed by atoms with Crippen molar-refractivity contribution in [3.63, 3.8) is 0 Å². The zero-order valence-corrected chi connectivity index (χ0v) is 11.1. The van der Waals surface area contributed by atoms with E-state index in [1.54, 1.807) is 0 Å². The van der Waals surface area contributed by atoms with Gasteiger partial charge in [0.1, 0.15) is 11.9 Å². The van der Waals surface area contributed by atoms with Gasteiger partial charge in [-0.15, -0.1) is 0 Å². The quantitative estimate of drug-likeness (QED) is 0.897. The monoisotopic (exact) mass is 323 g/mol. The molecular weight excluding hydrogens is 311 g/mol. The Labute approximate surface area is 112 Å². The molecule has 1 N–H and O–H groups in total. The van der Waals surface area contributed by atoms with Gasteiger partial charge in [0.15, 0.2) is 0 Å². The van der Waals surface area contributed by atoms with E-state index in [9.17, 15) is 13.2 Å². The second kappa shape index (κ2) is 5.48. The Kier molecular flexibility index (Phi) is 4.17. The summed E-state index contributed by atoms with van der Waals surface area (Å²) >= 11 is 3.13. The topological polar surface area (TPSA) is 21.3 Å². The summed E-state index contributed by atoms with van der Waals surface area (Å²) in [5.74, 6) is 0.468. The third-order valence-electron chi connectivity index (χ3n) is 2.84. The molecular formula is C12H13BrF3NO. The third kappa shape index (κ3) is 3.38. The Morgan fingerprint density at radius 3 is 2.44 bits per heavy atom. The molecule has 0 bridgehead atoms. The highest BCUT2D eigenvalue weighted by atomic mass is 79.9. The predicted molar refractivity (Wildman–Crippen MR) is 65.7 cm³/mol. The molecule has 2 rings (SSSR count). The van der Waals surface area contributed by atoms with Gasteiger partial charge in [-0.3, -0.25) is 0 Å². The first-order valence-corrected chi connectivity index (χ1v) is 6.50. The van der Waals surface area contributed by atoms with E-state index in [4.69, 9.17) is 4.74 Å². The van der Waals surface area contributed by atoms with Crippen molar-refractivity contribution in [2.45, 2.75) is 25.1 Å². The Hall–Kier alpha value is -0.750. The van der Waals surface area contributed by atoms with Crippen LogP contribution in [0.4, 0.5) is 13.2 Å². The molecule has 0 aromatic heterocycles. The lowest BCUT2D eigenvalue weighted by atomic mass is 10.1. The molecule has 0 unspecified atom stereocenters. The summed E-state index contributed by atoms with van der Waals surface area (Å²) in [7, 11) is 0. The van der Waals surface area contributed by atoms with E-state index in [2.05, 4.69) is 21.2 Å². The number of nitrogens with one attached hydrogen (secondary N) is 1. The fourth-order valence-electron chi connectivity index (χ4n) is 1.87. The minimum absolute atomic E-state index is 0.0688. The summed E-state index contributed by atoms with van der Waals surface area (Å²) in [6.45, 7) is 1.76. The summed E-state index contributed by atoms with van der Waals surface area (Å²) in [5.41, 5.74) is -0.674. The molecule has 1 saturated heterocycles. The number of ether oxygens (including phenoxy) is 1. The maximum Gasteiger partial charge on any atom is 0.416 e. The minimum atomic E-state index is -4.32. The summed E-state index contributed by atoms with van der Waals surface area (Å²) in [6.07, 6.45) is -2.52. The first-order valence-electron chi connectivity index (χ1n) is 5.71. The van der Waals surface area contributed by atoms with Crippen LogP contribution in [0.1, 0.15) is 18.4 Å². The lowest BCUT2D eigenvalue weighted by Crippen LogP contribution is -2.34. The molecule has 1 aliphatic rings. The smallest absolute Gasteiger partial charge is 0.416 e. The van der Waals surface area contributed by atoms with E-state index in [0.717, 1.165) is 38.1 Å². The van der Waals surface area contributed by atoms with Crippen molar-refractivity contribution in [1.82, 2.24) is 5.32 Å². The fraction of sp³-hybridized carbons (Fsp3) is 0.500. The molecule has 1 aliphatic heterocycles. The number of rotatable bonds is 2. The lowest BCUT2D eigenvalue weighted by molar-refractivity contribution is -0.137. The number of hydrogen-bond acceptors (Lipinski definition) is 2. The van der Waals surface area contributed by atoms with Crippen molar-refractivity contribution in [2.75, 3.05) is 13.1 Å². The molecule has 0 radical (unpaired) electrons. The van der Waals surface area contributed by atoms with Crippen LogP contribution in [-0.4, -0.2) is 19.2 Å².